The summed E-state index contributed by atoms with van der Waals surface area (Å²) in [7, 11) is -18.2. The maximum Gasteiger partial charge on any atom is 0.356 e. The fraction of sp³-hybridized carbons (Fsp3) is 0.318. The van der Waals surface area contributed by atoms with Crippen molar-refractivity contribution in [3.8, 4) is 0 Å². The molecule has 16 rings (SSSR count). The third kappa shape index (κ3) is 30.6. The fourth-order valence-electron chi connectivity index (χ4n) is 12.9. The molecular formula is C88H102ClFN20O26P4S. The van der Waals surface area contributed by atoms with Crippen molar-refractivity contribution in [3.05, 3.63) is 296 Å². The molecule has 0 spiro atoms. The van der Waals surface area contributed by atoms with E-state index in [9.17, 15) is 50.2 Å². The Bertz CT molecular complexity index is 7370. The molecular weight excluding hydrogens is 1960 g/mol. The van der Waals surface area contributed by atoms with Crippen LogP contribution in [0, 0.1) is 54.3 Å². The molecule has 46 nitrogen and oxygen atoms in total. The van der Waals surface area contributed by atoms with E-state index in [1.165, 1.54) is 43.5 Å². The largest absolute Gasteiger partial charge is 0.464 e. The second-order valence-electron chi connectivity index (χ2n) is 31.6. The Morgan fingerprint density at radius 1 is 0.362 bits per heavy atom. The Morgan fingerprint density at radius 2 is 0.624 bits per heavy atom. The van der Waals surface area contributed by atoms with Crippen molar-refractivity contribution in [2.45, 2.75) is 132 Å². The lowest BCUT2D eigenvalue weighted by molar-refractivity contribution is 0.114. The molecule has 12 N–H and O–H groups in total. The minimum absolute atomic E-state index is 0.00395. The van der Waals surface area contributed by atoms with E-state index in [2.05, 4.69) is 59.8 Å². The minimum Gasteiger partial charge on any atom is -0.464 e. The van der Waals surface area contributed by atoms with Crippen LogP contribution in [0.5, 0.6) is 0 Å². The summed E-state index contributed by atoms with van der Waals surface area (Å²) in [5, 5.41) is 0.588. The van der Waals surface area contributed by atoms with Crippen molar-refractivity contribution in [1.82, 2.24) is 78.1 Å². The summed E-state index contributed by atoms with van der Waals surface area (Å²) >= 11 is 6.18. The lowest BCUT2D eigenvalue weighted by Crippen LogP contribution is -2.13. The van der Waals surface area contributed by atoms with Gasteiger partial charge >= 0.3 is 30.4 Å². The van der Waals surface area contributed by atoms with Gasteiger partial charge in [-0.1, -0.05) is 77.8 Å². The number of nitrogens with one attached hydrogen (secondary N) is 4. The molecule has 750 valence electrons. The van der Waals surface area contributed by atoms with Crippen LogP contribution in [0.3, 0.4) is 0 Å². The number of anilines is 4. The van der Waals surface area contributed by atoms with Gasteiger partial charge in [0.05, 0.1) is 83.1 Å². The van der Waals surface area contributed by atoms with Crippen molar-refractivity contribution in [3.63, 3.8) is 0 Å². The zero-order valence-electron chi connectivity index (χ0n) is 77.4. The first-order valence-corrected chi connectivity index (χ1v) is 52.2. The van der Waals surface area contributed by atoms with E-state index in [1.807, 2.05) is 57.2 Å². The van der Waals surface area contributed by atoms with Gasteiger partial charge in [0.2, 0.25) is 23.8 Å². The van der Waals surface area contributed by atoms with E-state index in [4.69, 9.17) is 107 Å². The average Bonchev–Trinajstić information content (AvgIpc) is 1.67. The van der Waals surface area contributed by atoms with Crippen LogP contribution in [0.15, 0.2) is 201 Å². The number of aromatic nitrogens is 16. The van der Waals surface area contributed by atoms with Crippen LogP contribution in [0.25, 0.3) is 44.7 Å². The number of furan rings is 4. The number of aromatic amines is 4. The highest BCUT2D eigenvalue weighted by molar-refractivity contribution is 7.90. The van der Waals surface area contributed by atoms with Gasteiger partial charge in [0, 0.05) is 37.5 Å². The van der Waals surface area contributed by atoms with Gasteiger partial charge in [0.25, 0.3) is 22.2 Å². The molecule has 12 heterocycles. The number of ether oxygens (including phenoxy) is 4. The van der Waals surface area contributed by atoms with Crippen molar-refractivity contribution < 1.29 is 104 Å². The van der Waals surface area contributed by atoms with Gasteiger partial charge in [0.1, 0.15) is 104 Å². The van der Waals surface area contributed by atoms with Crippen LogP contribution in [0.2, 0.25) is 5.02 Å². The number of aryl methyl sites for hydroxylation is 7. The predicted molar refractivity (Wildman–Crippen MR) is 514 cm³/mol. The first-order chi connectivity index (χ1) is 67.3. The van der Waals surface area contributed by atoms with Crippen molar-refractivity contribution in [2.24, 2.45) is 0 Å². The van der Waals surface area contributed by atoms with Crippen LogP contribution < -0.4 is 45.2 Å². The Hall–Kier alpha value is -12.8. The van der Waals surface area contributed by atoms with E-state index >= 15 is 0 Å². The monoisotopic (exact) mass is 2060 g/mol. The number of sulfone groups is 1. The second-order valence-corrected chi connectivity index (χ2v) is 42.1. The SMILES string of the molecule is Cc1ccc(COP(=O)(COCCn2cnc3c(=O)[nH]c(N)nc32)OCc2ccc(C)c(Cl)c2)o1.Cc1ccc(COP(=O)(COCCn2cnc3c(=O)[nH]c(N)nc32)OCc2ccc(C)c(F)c2)o1.Cc1ccc(COP(=O)(COCCn2cnc3c(=O)[nH]c(N)nc32)OCc2ccc(C)o2)cc1.Cc1ccc(COP(=O)(COCCn2cnc3c(=O)[nH]c(N)nc32)OCc2ccc(S(C)(=O)=O)cc2)o1. The van der Waals surface area contributed by atoms with Crippen LogP contribution in [0.4, 0.5) is 28.2 Å². The van der Waals surface area contributed by atoms with Crippen LogP contribution >= 0.6 is 42.0 Å². The normalized spacial score (nSPS) is 13.4. The summed E-state index contributed by atoms with van der Waals surface area (Å²) in [6.07, 6.45) is 5.64. The molecule has 0 saturated heterocycles. The lowest BCUT2D eigenvalue weighted by atomic mass is 10.1. The number of hydrogen-bond donors (Lipinski definition) is 8. The fourth-order valence-corrected chi connectivity index (χ4v) is 18.7. The smallest absolute Gasteiger partial charge is 0.356 e. The number of nitrogens with zero attached hydrogens (tertiary/aromatic N) is 12. The quantitative estimate of drug-likeness (QED) is 0.0130. The number of hydrogen-bond acceptors (Lipinski definition) is 38. The molecule has 0 fully saturated rings. The second kappa shape index (κ2) is 48.1. The molecule has 0 bridgehead atoms. The summed E-state index contributed by atoms with van der Waals surface area (Å²) in [5.41, 5.74) is 27.9. The van der Waals surface area contributed by atoms with E-state index in [0.717, 1.165) is 34.3 Å². The number of nitrogens with two attached hydrogens (primary N) is 4. The summed E-state index contributed by atoms with van der Waals surface area (Å²) in [5.74, 6) is 4.34. The molecule has 0 aliphatic rings. The summed E-state index contributed by atoms with van der Waals surface area (Å²) < 4.78 is 187. The molecule has 0 amide bonds. The average molecular weight is 2070 g/mol. The Balaban J connectivity index is 0.000000158. The van der Waals surface area contributed by atoms with Crippen molar-refractivity contribution in [1.29, 1.82) is 0 Å². The Kier molecular flexibility index (Phi) is 36.0. The van der Waals surface area contributed by atoms with Gasteiger partial charge in [-0.3, -0.25) is 75.5 Å². The summed E-state index contributed by atoms with van der Waals surface area (Å²) in [6.45, 7) is 13.9. The minimum atomic E-state index is -3.77. The van der Waals surface area contributed by atoms with Gasteiger partial charge in [-0.2, -0.15) is 19.9 Å². The van der Waals surface area contributed by atoms with E-state index < -0.39 is 62.5 Å². The van der Waals surface area contributed by atoms with Gasteiger partial charge in [0.15, 0.2) is 54.5 Å². The molecule has 12 aromatic heterocycles. The van der Waals surface area contributed by atoms with Gasteiger partial charge < -0.3 is 95.9 Å². The number of halogens is 2. The number of benzene rings is 4. The van der Waals surface area contributed by atoms with Gasteiger partial charge in [-0.15, -0.1) is 0 Å². The highest BCUT2D eigenvalue weighted by Gasteiger charge is 2.32. The molecule has 4 atom stereocenters. The summed E-state index contributed by atoms with van der Waals surface area (Å²) in [4.78, 5) is 89.9. The maximum absolute atomic E-state index is 13.9. The highest BCUT2D eigenvalue weighted by Crippen LogP contribution is 2.53. The number of H-pyrrole nitrogens is 4. The van der Waals surface area contributed by atoms with E-state index in [0.29, 0.717) is 91.2 Å². The van der Waals surface area contributed by atoms with Crippen molar-refractivity contribution >= 4 is 120 Å². The standard InChI is InChI=1S/C22H25ClN5O6P.C22H25FN5O6P.C22H26N5O8PS.C22H26N5O6P/c2*1-14-3-5-16(9-18(14)23)10-32-35(30,33-11-17-6-4-15(2)34-17)13-31-8-7-28-12-25-19-20(28)26-22(24)27-21(19)29;1-15-3-6-17(35-15)12-34-36(29,33-11-16-4-7-18(8-5-16)37(2,30)31)14-32-10-9-27-13-24-19-20(27)25-22(23)26-21(19)28;1-15-3-6-17(7-4-15)11-31-34(29,32-12-18-8-5-16(2)33-18)14-30-10-9-27-13-24-19-20(27)25-22(23)26-21(19)28/h2*3-6,9,12H,7-8,10-11,13H2,1-2H3,(H3,24,26,27,29);3-8,13H,9-12,14H2,1-2H3,(H3,23,25,26,28);3-8,13H,9-12,14H2,1-2H3,(H3,23,25,26,28). The Labute approximate surface area is 807 Å². The van der Waals surface area contributed by atoms with Crippen LogP contribution in [0.1, 0.15) is 85.0 Å². The maximum atomic E-state index is 13.9. The van der Waals surface area contributed by atoms with E-state index in [1.54, 1.807) is 125 Å². The zero-order valence-corrected chi connectivity index (χ0v) is 82.5. The molecule has 0 aliphatic carbocycles. The third-order valence-electron chi connectivity index (χ3n) is 20.3. The molecule has 4 unspecified atom stereocenters. The molecule has 16 aromatic rings. The van der Waals surface area contributed by atoms with Crippen LogP contribution in [-0.4, -0.2) is 145 Å². The summed E-state index contributed by atoms with van der Waals surface area (Å²) in [6, 6.07) is 37.8. The number of fused-ring (bicyclic) bond motifs is 4. The zero-order chi connectivity index (χ0) is 101. The molecule has 4 aromatic carbocycles. The predicted octanol–water partition coefficient (Wildman–Crippen LogP) is 13.9. The number of nitrogen functional groups attached to an aromatic ring is 4. The molecule has 0 aliphatic heterocycles. The molecule has 141 heavy (non-hydrogen) atoms. The first-order valence-electron chi connectivity index (χ1n) is 43.0. The molecule has 53 heteroatoms. The van der Waals surface area contributed by atoms with Gasteiger partial charge in [-0.25, -0.2) is 32.7 Å². The van der Waals surface area contributed by atoms with Gasteiger partial charge in [-0.05, 0) is 155 Å². The Morgan fingerprint density at radius 3 is 0.894 bits per heavy atom. The first kappa shape index (κ1) is 106. The highest BCUT2D eigenvalue weighted by atomic mass is 35.5. The molecule has 0 radical (unpaired) electrons. The third-order valence-corrected chi connectivity index (χ3v) is 28.0. The molecule has 0 saturated carbocycles. The van der Waals surface area contributed by atoms with Crippen molar-refractivity contribution in [2.75, 3.05) is 81.0 Å². The number of imidazole rings is 4. The van der Waals surface area contributed by atoms with Crippen LogP contribution in [-0.2, 0) is 162 Å². The number of rotatable bonds is 45. The van der Waals surface area contributed by atoms with E-state index in [-0.39, 0.29) is 181 Å². The topological polar surface area (TPSA) is 624 Å². The lowest BCUT2D eigenvalue weighted by Gasteiger charge is -2.18.